The zero-order chi connectivity index (χ0) is 12.8. The topological polar surface area (TPSA) is 64.3 Å². The van der Waals surface area contributed by atoms with Crippen LogP contribution in [0.5, 0.6) is 5.75 Å². The maximum atomic E-state index is 11.7. The molecule has 0 saturated carbocycles. The second-order valence-corrected chi connectivity index (χ2v) is 4.27. The predicted molar refractivity (Wildman–Crippen MR) is 68.1 cm³/mol. The average molecular weight is 236 g/mol. The van der Waals surface area contributed by atoms with Crippen LogP contribution < -0.4 is 15.8 Å². The molecule has 4 heteroatoms. The molecular formula is C13H20N2O2. The molecule has 1 aromatic carbocycles. The molecule has 17 heavy (non-hydrogen) atoms. The van der Waals surface area contributed by atoms with E-state index in [4.69, 9.17) is 10.5 Å². The number of ether oxygens (including phenoxy) is 1. The predicted octanol–water partition coefficient (Wildman–Crippen LogP) is 1.01. The molecule has 0 saturated heterocycles. The van der Waals surface area contributed by atoms with Crippen molar-refractivity contribution < 1.29 is 9.53 Å². The van der Waals surface area contributed by atoms with Gasteiger partial charge < -0.3 is 15.8 Å². The summed E-state index contributed by atoms with van der Waals surface area (Å²) in [5.41, 5.74) is 7.58. The highest BCUT2D eigenvalue weighted by Crippen LogP contribution is 2.19. The summed E-state index contributed by atoms with van der Waals surface area (Å²) in [6.07, 6.45) is 0.317. The highest BCUT2D eigenvalue weighted by molar-refractivity contribution is 5.79. The monoisotopic (exact) mass is 236 g/mol. The van der Waals surface area contributed by atoms with E-state index in [1.807, 2.05) is 32.0 Å². The van der Waals surface area contributed by atoms with Crippen LogP contribution in [0.1, 0.15) is 18.1 Å². The van der Waals surface area contributed by atoms with Crippen LogP contribution in [0.3, 0.4) is 0 Å². The molecule has 1 amide bonds. The van der Waals surface area contributed by atoms with Gasteiger partial charge in [-0.25, -0.2) is 0 Å². The number of nitrogens with one attached hydrogen (secondary N) is 1. The van der Waals surface area contributed by atoms with E-state index in [0.717, 1.165) is 16.9 Å². The van der Waals surface area contributed by atoms with Crippen LogP contribution >= 0.6 is 0 Å². The normalized spacial score (nSPS) is 12.0. The zero-order valence-electron chi connectivity index (χ0n) is 10.6. The number of benzene rings is 1. The first-order valence-electron chi connectivity index (χ1n) is 5.68. The van der Waals surface area contributed by atoms with Crippen LogP contribution in [0.15, 0.2) is 18.2 Å². The molecule has 0 radical (unpaired) electrons. The maximum Gasteiger partial charge on any atom is 0.224 e. The molecule has 3 N–H and O–H groups in total. The van der Waals surface area contributed by atoms with Gasteiger partial charge in [-0.15, -0.1) is 0 Å². The van der Waals surface area contributed by atoms with Crippen molar-refractivity contribution in [2.75, 3.05) is 13.7 Å². The fourth-order valence-electron chi connectivity index (χ4n) is 1.56. The lowest BCUT2D eigenvalue weighted by molar-refractivity contribution is -0.120. The molecule has 4 nitrogen and oxygen atoms in total. The lowest BCUT2D eigenvalue weighted by Crippen LogP contribution is -2.35. The van der Waals surface area contributed by atoms with E-state index in [1.54, 1.807) is 7.11 Å². The Morgan fingerprint density at radius 2 is 2.24 bits per heavy atom. The van der Waals surface area contributed by atoms with Gasteiger partial charge in [0, 0.05) is 18.2 Å². The Kier molecular flexibility index (Phi) is 4.97. The van der Waals surface area contributed by atoms with Crippen LogP contribution in [0.4, 0.5) is 0 Å². The minimum Gasteiger partial charge on any atom is -0.496 e. The van der Waals surface area contributed by atoms with Gasteiger partial charge in [-0.2, -0.15) is 0 Å². The molecule has 1 rings (SSSR count). The SMILES string of the molecule is COc1ccc(C)cc1CC(=O)NCC(C)N. The molecule has 0 bridgehead atoms. The standard InChI is InChI=1S/C13H20N2O2/c1-9-4-5-12(17-3)11(6-9)7-13(16)15-8-10(2)14/h4-6,10H,7-8,14H2,1-3H3,(H,15,16). The molecule has 0 aliphatic carbocycles. The minimum atomic E-state index is -0.0359. The number of nitrogens with two attached hydrogens (primary N) is 1. The fraction of sp³-hybridized carbons (Fsp3) is 0.462. The highest BCUT2D eigenvalue weighted by Gasteiger charge is 2.09. The van der Waals surface area contributed by atoms with Gasteiger partial charge in [-0.3, -0.25) is 4.79 Å². The number of hydrogen-bond acceptors (Lipinski definition) is 3. The average Bonchev–Trinajstić information content (AvgIpc) is 2.27. The van der Waals surface area contributed by atoms with E-state index in [9.17, 15) is 4.79 Å². The van der Waals surface area contributed by atoms with Crippen LogP contribution in [0.25, 0.3) is 0 Å². The Morgan fingerprint density at radius 3 is 2.82 bits per heavy atom. The Morgan fingerprint density at radius 1 is 1.53 bits per heavy atom. The molecule has 94 valence electrons. The van der Waals surface area contributed by atoms with Crippen molar-refractivity contribution in [3.05, 3.63) is 29.3 Å². The van der Waals surface area contributed by atoms with Gasteiger partial charge in [0.15, 0.2) is 0 Å². The lowest BCUT2D eigenvalue weighted by atomic mass is 10.1. The molecule has 0 spiro atoms. The van der Waals surface area contributed by atoms with Crippen LogP contribution in [-0.4, -0.2) is 25.6 Å². The van der Waals surface area contributed by atoms with E-state index in [-0.39, 0.29) is 11.9 Å². The number of aryl methyl sites for hydroxylation is 1. The minimum absolute atomic E-state index is 0.0293. The van der Waals surface area contributed by atoms with Crippen molar-refractivity contribution in [1.29, 1.82) is 0 Å². The van der Waals surface area contributed by atoms with Crippen molar-refractivity contribution in [3.8, 4) is 5.75 Å². The first-order valence-corrected chi connectivity index (χ1v) is 5.68. The first kappa shape index (κ1) is 13.5. The summed E-state index contributed by atoms with van der Waals surface area (Å²) >= 11 is 0. The third-order valence-electron chi connectivity index (χ3n) is 2.41. The molecule has 1 unspecified atom stereocenters. The van der Waals surface area contributed by atoms with E-state index < -0.39 is 0 Å². The molecular weight excluding hydrogens is 216 g/mol. The van der Waals surface area contributed by atoms with E-state index >= 15 is 0 Å². The number of amides is 1. The Balaban J connectivity index is 2.66. The third kappa shape index (κ3) is 4.44. The van der Waals surface area contributed by atoms with Crippen LogP contribution in [0.2, 0.25) is 0 Å². The maximum absolute atomic E-state index is 11.7. The second kappa shape index (κ2) is 6.25. The van der Waals surface area contributed by atoms with E-state index in [0.29, 0.717) is 13.0 Å². The molecule has 1 aromatic rings. The lowest BCUT2D eigenvalue weighted by Gasteiger charge is -2.11. The summed E-state index contributed by atoms with van der Waals surface area (Å²) in [7, 11) is 1.61. The Labute approximate surface area is 102 Å². The van der Waals surface area contributed by atoms with Crippen molar-refractivity contribution in [2.24, 2.45) is 5.73 Å². The summed E-state index contributed by atoms with van der Waals surface area (Å²) in [5.74, 6) is 0.706. The zero-order valence-corrected chi connectivity index (χ0v) is 10.6. The van der Waals surface area contributed by atoms with Crippen LogP contribution in [-0.2, 0) is 11.2 Å². The quantitative estimate of drug-likeness (QED) is 0.802. The summed E-state index contributed by atoms with van der Waals surface area (Å²) in [4.78, 5) is 11.7. The highest BCUT2D eigenvalue weighted by atomic mass is 16.5. The Bertz CT molecular complexity index is 389. The number of rotatable bonds is 5. The molecule has 0 aromatic heterocycles. The van der Waals surface area contributed by atoms with E-state index in [1.165, 1.54) is 0 Å². The third-order valence-corrected chi connectivity index (χ3v) is 2.41. The van der Waals surface area contributed by atoms with Crippen molar-refractivity contribution in [2.45, 2.75) is 26.3 Å². The van der Waals surface area contributed by atoms with Gasteiger partial charge in [0.05, 0.1) is 13.5 Å². The van der Waals surface area contributed by atoms with Crippen molar-refractivity contribution in [3.63, 3.8) is 0 Å². The fourth-order valence-corrected chi connectivity index (χ4v) is 1.56. The molecule has 0 aliphatic heterocycles. The summed E-state index contributed by atoms with van der Waals surface area (Å²) < 4.78 is 5.22. The van der Waals surface area contributed by atoms with Crippen LogP contribution in [0, 0.1) is 6.92 Å². The van der Waals surface area contributed by atoms with Gasteiger partial charge in [0.25, 0.3) is 0 Å². The Hall–Kier alpha value is -1.55. The first-order chi connectivity index (χ1) is 8.02. The van der Waals surface area contributed by atoms with E-state index in [2.05, 4.69) is 5.32 Å². The summed E-state index contributed by atoms with van der Waals surface area (Å²) in [6.45, 7) is 4.34. The van der Waals surface area contributed by atoms with Gasteiger partial charge in [0.1, 0.15) is 5.75 Å². The van der Waals surface area contributed by atoms with Gasteiger partial charge in [-0.05, 0) is 19.9 Å². The molecule has 0 fully saturated rings. The smallest absolute Gasteiger partial charge is 0.224 e. The number of carbonyl (C=O) groups is 1. The summed E-state index contributed by atoms with van der Waals surface area (Å²) in [6, 6.07) is 5.77. The van der Waals surface area contributed by atoms with Crippen molar-refractivity contribution >= 4 is 5.91 Å². The molecule has 0 heterocycles. The van der Waals surface area contributed by atoms with Crippen molar-refractivity contribution in [1.82, 2.24) is 5.32 Å². The number of methoxy groups -OCH3 is 1. The van der Waals surface area contributed by atoms with Gasteiger partial charge >= 0.3 is 0 Å². The largest absolute Gasteiger partial charge is 0.496 e. The van der Waals surface area contributed by atoms with Gasteiger partial charge in [0.2, 0.25) is 5.91 Å². The number of hydrogen-bond donors (Lipinski definition) is 2. The summed E-state index contributed by atoms with van der Waals surface area (Å²) in [5, 5.41) is 2.78. The number of carbonyl (C=O) groups excluding carboxylic acids is 1. The molecule has 0 aliphatic rings. The molecule has 1 atom stereocenters. The van der Waals surface area contributed by atoms with Gasteiger partial charge in [-0.1, -0.05) is 17.7 Å². The second-order valence-electron chi connectivity index (χ2n) is 4.27.